The van der Waals surface area contributed by atoms with Crippen LogP contribution >= 0.6 is 0 Å². The quantitative estimate of drug-likeness (QED) is 0.771. The molecule has 1 aromatic carbocycles. The molecule has 3 rings (SSSR count). The summed E-state index contributed by atoms with van der Waals surface area (Å²) in [6.45, 7) is 0.577. The molecule has 5 nitrogen and oxygen atoms in total. The fraction of sp³-hybridized carbons (Fsp3) is 0.600. The maximum absolute atomic E-state index is 14.0. The Morgan fingerprint density at radius 3 is 2.67 bits per heavy atom. The molecular weight excluding hydrogens is 354 g/mol. The molecule has 0 spiro atoms. The van der Waals surface area contributed by atoms with Gasteiger partial charge in [0.15, 0.2) is 0 Å². The molecule has 0 aromatic heterocycles. The van der Waals surface area contributed by atoms with Crippen LogP contribution in [0.3, 0.4) is 0 Å². The summed E-state index contributed by atoms with van der Waals surface area (Å²) >= 11 is 0. The van der Waals surface area contributed by atoms with Crippen LogP contribution in [0.15, 0.2) is 18.2 Å². The molecule has 1 aliphatic carbocycles. The Hall–Kier alpha value is -2.02. The number of nitrogens with zero attached hydrogens (tertiary/aromatic N) is 1. The first kappa shape index (κ1) is 19.7. The first-order valence-electron chi connectivity index (χ1n) is 9.51. The molecule has 1 aliphatic heterocycles. The van der Waals surface area contributed by atoms with E-state index < -0.39 is 23.6 Å². The molecule has 1 saturated carbocycles. The average molecular weight is 380 g/mol. The third-order valence-electron chi connectivity index (χ3n) is 5.58. The van der Waals surface area contributed by atoms with Crippen molar-refractivity contribution in [1.82, 2.24) is 10.2 Å². The normalized spacial score (nSPS) is 23.5. The van der Waals surface area contributed by atoms with Gasteiger partial charge in [0.05, 0.1) is 7.11 Å². The van der Waals surface area contributed by atoms with Gasteiger partial charge in [0.1, 0.15) is 17.7 Å². The van der Waals surface area contributed by atoms with Crippen LogP contribution in [-0.2, 0) is 20.9 Å². The summed E-state index contributed by atoms with van der Waals surface area (Å²) in [7, 11) is 1.31. The summed E-state index contributed by atoms with van der Waals surface area (Å²) in [5, 5.41) is 3.01. The predicted molar refractivity (Wildman–Crippen MR) is 95.7 cm³/mol. The van der Waals surface area contributed by atoms with Crippen LogP contribution in [-0.4, -0.2) is 42.5 Å². The van der Waals surface area contributed by atoms with Crippen molar-refractivity contribution in [2.24, 2.45) is 5.92 Å². The van der Waals surface area contributed by atoms with Gasteiger partial charge < -0.3 is 10.1 Å². The van der Waals surface area contributed by atoms with Crippen molar-refractivity contribution in [2.75, 3.05) is 13.7 Å². The van der Waals surface area contributed by atoms with Crippen molar-refractivity contribution >= 4 is 11.9 Å². The van der Waals surface area contributed by atoms with Crippen LogP contribution < -0.4 is 5.32 Å². The summed E-state index contributed by atoms with van der Waals surface area (Å²) in [6, 6.07) is 2.66. The molecule has 1 aromatic rings. The number of esters is 1. The van der Waals surface area contributed by atoms with Crippen LogP contribution in [0.25, 0.3) is 0 Å². The van der Waals surface area contributed by atoms with E-state index in [1.807, 2.05) is 0 Å². The van der Waals surface area contributed by atoms with Crippen LogP contribution in [0.4, 0.5) is 8.78 Å². The van der Waals surface area contributed by atoms with E-state index in [0.29, 0.717) is 30.9 Å². The van der Waals surface area contributed by atoms with Gasteiger partial charge in [0, 0.05) is 37.2 Å². The van der Waals surface area contributed by atoms with E-state index in [2.05, 4.69) is 5.32 Å². The molecule has 2 fully saturated rings. The minimum absolute atomic E-state index is 0.00493. The van der Waals surface area contributed by atoms with Gasteiger partial charge in [-0.3, -0.25) is 14.5 Å². The summed E-state index contributed by atoms with van der Waals surface area (Å²) in [5.74, 6) is -1.24. The number of carbonyl (C=O) groups is 2. The number of amides is 1. The lowest BCUT2D eigenvalue weighted by molar-refractivity contribution is -0.146. The molecule has 2 aliphatic rings. The molecule has 148 valence electrons. The van der Waals surface area contributed by atoms with Gasteiger partial charge in [-0.25, -0.2) is 8.78 Å². The summed E-state index contributed by atoms with van der Waals surface area (Å²) in [6.07, 6.45) is 5.50. The highest BCUT2D eigenvalue weighted by Crippen LogP contribution is 2.28. The van der Waals surface area contributed by atoms with Crippen molar-refractivity contribution < 1.29 is 23.1 Å². The number of rotatable bonds is 6. The maximum atomic E-state index is 14.0. The molecule has 7 heteroatoms. The topological polar surface area (TPSA) is 58.6 Å². The van der Waals surface area contributed by atoms with Crippen molar-refractivity contribution in [3.63, 3.8) is 0 Å². The average Bonchev–Trinajstić information content (AvgIpc) is 3.26. The number of hydrogen-bond donors (Lipinski definition) is 1. The van der Waals surface area contributed by atoms with Gasteiger partial charge in [-0.15, -0.1) is 0 Å². The van der Waals surface area contributed by atoms with Crippen molar-refractivity contribution in [1.29, 1.82) is 0 Å². The zero-order chi connectivity index (χ0) is 19.4. The van der Waals surface area contributed by atoms with Crippen molar-refractivity contribution in [2.45, 2.75) is 57.2 Å². The minimum atomic E-state index is -0.646. The van der Waals surface area contributed by atoms with E-state index in [-0.39, 0.29) is 18.5 Å². The Balaban J connectivity index is 1.63. The number of hydrogen-bond acceptors (Lipinski definition) is 4. The zero-order valence-corrected chi connectivity index (χ0v) is 15.5. The zero-order valence-electron chi connectivity index (χ0n) is 15.5. The first-order chi connectivity index (χ1) is 13.0. The van der Waals surface area contributed by atoms with E-state index in [1.165, 1.54) is 32.1 Å². The number of carbonyl (C=O) groups excluding carboxylic acids is 2. The third kappa shape index (κ3) is 5.03. The monoisotopic (exact) mass is 380 g/mol. The maximum Gasteiger partial charge on any atom is 0.323 e. The number of nitrogens with one attached hydrogen (secondary N) is 1. The van der Waals surface area contributed by atoms with Crippen LogP contribution in [0.1, 0.15) is 44.1 Å². The molecule has 1 saturated heterocycles. The van der Waals surface area contributed by atoms with Gasteiger partial charge in [-0.1, -0.05) is 18.9 Å². The van der Waals surface area contributed by atoms with Crippen LogP contribution in [0.2, 0.25) is 0 Å². The number of likely N-dealkylation sites (tertiary alicyclic amines) is 1. The highest BCUT2D eigenvalue weighted by atomic mass is 19.1. The molecular formula is C20H26F2N2O3. The highest BCUT2D eigenvalue weighted by Gasteiger charge is 2.38. The number of methoxy groups -OCH3 is 1. The van der Waals surface area contributed by atoms with Gasteiger partial charge in [0.25, 0.3) is 0 Å². The Bertz CT molecular complexity index is 692. The molecule has 1 amide bonds. The van der Waals surface area contributed by atoms with Gasteiger partial charge in [-0.05, 0) is 31.2 Å². The standard InChI is InChI=1S/C20H26F2N2O3/c1-27-20(26)18-10-16(23-19(25)8-13-4-2-3-5-13)12-24(18)11-14-6-7-15(21)9-17(14)22/h6-7,9,13,16,18H,2-5,8,10-12H2,1H3,(H,23,25)/t16-,18+/m1/s1. The Labute approximate surface area is 158 Å². The number of halogens is 2. The third-order valence-corrected chi connectivity index (χ3v) is 5.58. The number of benzene rings is 1. The fourth-order valence-corrected chi connectivity index (χ4v) is 4.20. The van der Waals surface area contributed by atoms with Gasteiger partial charge in [0.2, 0.25) is 5.91 Å². The molecule has 2 atom stereocenters. The van der Waals surface area contributed by atoms with Gasteiger partial charge in [-0.2, -0.15) is 0 Å². The Morgan fingerprint density at radius 2 is 2.00 bits per heavy atom. The largest absolute Gasteiger partial charge is 0.468 e. The summed E-state index contributed by atoms with van der Waals surface area (Å²) in [4.78, 5) is 26.2. The second kappa shape index (κ2) is 8.78. The van der Waals surface area contributed by atoms with Crippen molar-refractivity contribution in [3.05, 3.63) is 35.4 Å². The predicted octanol–water partition coefficient (Wildman–Crippen LogP) is 2.78. The van der Waals surface area contributed by atoms with E-state index >= 15 is 0 Å². The lowest BCUT2D eigenvalue weighted by atomic mass is 10.0. The molecule has 27 heavy (non-hydrogen) atoms. The molecule has 0 radical (unpaired) electrons. The lowest BCUT2D eigenvalue weighted by Crippen LogP contribution is -2.38. The van der Waals surface area contributed by atoms with E-state index in [4.69, 9.17) is 4.74 Å². The molecule has 0 unspecified atom stereocenters. The van der Waals surface area contributed by atoms with Crippen LogP contribution in [0.5, 0.6) is 0 Å². The highest BCUT2D eigenvalue weighted by molar-refractivity contribution is 5.78. The Kier molecular flexibility index (Phi) is 6.42. The second-order valence-electron chi connectivity index (χ2n) is 7.56. The van der Waals surface area contributed by atoms with E-state index in [9.17, 15) is 18.4 Å². The summed E-state index contributed by atoms with van der Waals surface area (Å²) < 4.78 is 32.0. The minimum Gasteiger partial charge on any atom is -0.468 e. The SMILES string of the molecule is COC(=O)[C@@H]1C[C@@H](NC(=O)CC2CCCC2)CN1Cc1ccc(F)cc1F. The smallest absolute Gasteiger partial charge is 0.323 e. The Morgan fingerprint density at radius 1 is 1.26 bits per heavy atom. The lowest BCUT2D eigenvalue weighted by Gasteiger charge is -2.22. The van der Waals surface area contributed by atoms with E-state index in [0.717, 1.165) is 18.9 Å². The second-order valence-corrected chi connectivity index (χ2v) is 7.56. The molecule has 1 N–H and O–H groups in total. The molecule has 0 bridgehead atoms. The fourth-order valence-electron chi connectivity index (χ4n) is 4.20. The molecule has 1 heterocycles. The van der Waals surface area contributed by atoms with Crippen molar-refractivity contribution in [3.8, 4) is 0 Å². The van der Waals surface area contributed by atoms with E-state index in [1.54, 1.807) is 4.90 Å². The van der Waals surface area contributed by atoms with Crippen LogP contribution in [0, 0.1) is 17.6 Å². The number of ether oxygens (including phenoxy) is 1. The van der Waals surface area contributed by atoms with Gasteiger partial charge >= 0.3 is 5.97 Å². The summed E-state index contributed by atoms with van der Waals surface area (Å²) in [5.41, 5.74) is 0.309. The first-order valence-corrected chi connectivity index (χ1v) is 9.51.